The fraction of sp³-hybridized carbons (Fsp3) is 0.0682. The molecule has 0 spiro atoms. The summed E-state index contributed by atoms with van der Waals surface area (Å²) in [6.07, 6.45) is 7.47. The lowest BCUT2D eigenvalue weighted by Gasteiger charge is -2.23. The first kappa shape index (κ1) is 42.2. The van der Waals surface area contributed by atoms with E-state index in [2.05, 4.69) is 25.3 Å². The van der Waals surface area contributed by atoms with Crippen LogP contribution in [0.5, 0.6) is 11.5 Å². The number of pyridine rings is 4. The second kappa shape index (κ2) is 20.3. The van der Waals surface area contributed by atoms with Crippen molar-refractivity contribution in [2.75, 3.05) is 11.1 Å². The number of fused-ring (bicyclic) bond motifs is 2. The van der Waals surface area contributed by atoms with Crippen LogP contribution in [0.25, 0.3) is 21.8 Å². The molecule has 4 heterocycles. The highest BCUT2D eigenvalue weighted by atomic mass is 35.5. The Hall–Kier alpha value is -5.97. The van der Waals surface area contributed by atoms with E-state index < -0.39 is 0 Å². The lowest BCUT2D eigenvalue weighted by Crippen LogP contribution is -2.13. The van der Waals surface area contributed by atoms with Crippen molar-refractivity contribution in [2.45, 2.75) is 19.9 Å². The van der Waals surface area contributed by atoms with Crippen LogP contribution in [0, 0.1) is 13.8 Å². The van der Waals surface area contributed by atoms with Crippen LogP contribution in [0.4, 0.5) is 11.4 Å². The number of aromatic nitrogens is 4. The number of nitrogens with two attached hydrogens (primary N) is 1. The Morgan fingerprint density at radius 1 is 0.632 bits per heavy atom. The third-order valence-corrected chi connectivity index (χ3v) is 9.69. The largest absolute Gasteiger partial charge is 0.506 e. The van der Waals surface area contributed by atoms with Gasteiger partial charge in [-0.3, -0.25) is 24.7 Å². The maximum Gasteiger partial charge on any atom is 0.150 e. The molecular weight excluding hydrogens is 802 g/mol. The molecule has 9 nitrogen and oxygen atoms in total. The molecule has 0 amide bonds. The van der Waals surface area contributed by atoms with E-state index in [-0.39, 0.29) is 17.5 Å². The molecule has 0 aliphatic carbocycles. The van der Waals surface area contributed by atoms with Gasteiger partial charge in [0, 0.05) is 45.7 Å². The standard InChI is InChI=1S/C22H17Cl2N3O.C9H7NO.C7H4Cl2O.C6H8N2/c1-13-4-7-16(12-26-13)27-20(15-6-9-18(23)19(24)11-15)17-8-5-14-3-2-10-25-21(14)22(17)28;11-8-5-1-3-7-4-2-6-10-9(7)8;8-6-2-1-5(4-10)3-7(6)9;1-5-2-3-6(7)4-8-5/h2-12,20,27-28H,1H3;1-6,11H;1-4H;2-4H,7H2,1H3. The van der Waals surface area contributed by atoms with Crippen molar-refractivity contribution in [1.29, 1.82) is 0 Å². The molecule has 0 saturated carbocycles. The summed E-state index contributed by atoms with van der Waals surface area (Å²) in [5.74, 6) is 0.366. The van der Waals surface area contributed by atoms with Crippen LogP contribution in [0.15, 0.2) is 140 Å². The Morgan fingerprint density at radius 2 is 1.25 bits per heavy atom. The van der Waals surface area contributed by atoms with Gasteiger partial charge in [-0.15, -0.1) is 0 Å². The number of para-hydroxylation sites is 1. The van der Waals surface area contributed by atoms with Gasteiger partial charge in [0.15, 0.2) is 0 Å². The summed E-state index contributed by atoms with van der Waals surface area (Å²) in [6, 6.07) is 34.1. The highest BCUT2D eigenvalue weighted by Gasteiger charge is 2.21. The Bertz CT molecular complexity index is 2570. The Kier molecular flexibility index (Phi) is 15.0. The van der Waals surface area contributed by atoms with Crippen LogP contribution in [-0.2, 0) is 0 Å². The van der Waals surface area contributed by atoms with E-state index in [4.69, 9.17) is 52.1 Å². The molecule has 0 aliphatic heterocycles. The summed E-state index contributed by atoms with van der Waals surface area (Å²) < 4.78 is 0. The zero-order valence-electron chi connectivity index (χ0n) is 30.6. The van der Waals surface area contributed by atoms with Crippen molar-refractivity contribution >= 4 is 85.9 Å². The van der Waals surface area contributed by atoms with Gasteiger partial charge in [0.25, 0.3) is 0 Å². The highest BCUT2D eigenvalue weighted by molar-refractivity contribution is 6.42. The van der Waals surface area contributed by atoms with Gasteiger partial charge >= 0.3 is 0 Å². The molecule has 13 heteroatoms. The number of benzene rings is 4. The number of halogens is 4. The molecule has 0 fully saturated rings. The Labute approximate surface area is 349 Å². The number of anilines is 2. The number of carbonyl (C=O) groups is 1. The summed E-state index contributed by atoms with van der Waals surface area (Å²) >= 11 is 23.5. The minimum atomic E-state index is -0.370. The van der Waals surface area contributed by atoms with Crippen LogP contribution in [-0.4, -0.2) is 36.4 Å². The van der Waals surface area contributed by atoms with Crippen molar-refractivity contribution < 1.29 is 15.0 Å². The maximum absolute atomic E-state index is 11.0. The highest BCUT2D eigenvalue weighted by Crippen LogP contribution is 2.38. The summed E-state index contributed by atoms with van der Waals surface area (Å²) in [4.78, 5) is 26.8. The number of hydrogen-bond donors (Lipinski definition) is 4. The number of carbonyl (C=O) groups excluding carboxylic acids is 1. The van der Waals surface area contributed by atoms with Crippen LogP contribution in [0.3, 0.4) is 0 Å². The molecule has 1 atom stereocenters. The molecule has 0 aliphatic rings. The van der Waals surface area contributed by atoms with Gasteiger partial charge in [-0.1, -0.05) is 94.9 Å². The zero-order chi connectivity index (χ0) is 40.9. The third kappa shape index (κ3) is 11.8. The minimum absolute atomic E-state index is 0.127. The number of hydrogen-bond acceptors (Lipinski definition) is 9. The molecule has 4 aromatic carbocycles. The second-order valence-electron chi connectivity index (χ2n) is 12.4. The molecule has 8 rings (SSSR count). The summed E-state index contributed by atoms with van der Waals surface area (Å²) in [5, 5.41) is 27.3. The van der Waals surface area contributed by atoms with Crippen molar-refractivity contribution in [1.82, 2.24) is 19.9 Å². The average molecular weight is 839 g/mol. The fourth-order valence-corrected chi connectivity index (χ4v) is 5.90. The van der Waals surface area contributed by atoms with Crippen molar-refractivity contribution in [3.8, 4) is 11.5 Å². The van der Waals surface area contributed by atoms with Gasteiger partial charge in [0.1, 0.15) is 28.8 Å². The number of nitrogen functional groups attached to an aromatic ring is 1. The quantitative estimate of drug-likeness (QED) is 0.124. The average Bonchev–Trinajstić information content (AvgIpc) is 3.22. The number of phenolic OH excluding ortho intramolecular Hbond substituents is 2. The molecule has 0 saturated heterocycles. The summed E-state index contributed by atoms with van der Waals surface area (Å²) in [5.41, 5.74) is 12.1. The second-order valence-corrected chi connectivity index (χ2v) is 14.0. The van der Waals surface area contributed by atoms with Crippen molar-refractivity contribution in [2.24, 2.45) is 0 Å². The molecule has 5 N–H and O–H groups in total. The van der Waals surface area contributed by atoms with E-state index in [1.165, 1.54) is 6.07 Å². The van der Waals surface area contributed by atoms with Crippen molar-refractivity contribution in [3.05, 3.63) is 188 Å². The summed E-state index contributed by atoms with van der Waals surface area (Å²) in [7, 11) is 0. The van der Waals surface area contributed by atoms with Crippen molar-refractivity contribution in [3.63, 3.8) is 0 Å². The number of nitrogens with one attached hydrogen (secondary N) is 1. The molecular formula is C44H36Cl4N6O3. The molecule has 288 valence electrons. The number of phenols is 2. The topological polar surface area (TPSA) is 147 Å². The number of aldehydes is 1. The minimum Gasteiger partial charge on any atom is -0.506 e. The van der Waals surface area contributed by atoms with Gasteiger partial charge in [0.2, 0.25) is 0 Å². The van der Waals surface area contributed by atoms with Gasteiger partial charge in [-0.05, 0) is 86.1 Å². The lowest BCUT2D eigenvalue weighted by molar-refractivity contribution is 0.112. The van der Waals surface area contributed by atoms with E-state index in [1.807, 2.05) is 86.6 Å². The fourth-order valence-electron chi connectivity index (χ4n) is 5.28. The first-order valence-electron chi connectivity index (χ1n) is 17.2. The number of nitrogens with zero attached hydrogens (tertiary/aromatic N) is 4. The van der Waals surface area contributed by atoms with E-state index in [0.717, 1.165) is 45.4 Å². The number of aromatic hydroxyl groups is 2. The number of aryl methyl sites for hydroxylation is 2. The zero-order valence-corrected chi connectivity index (χ0v) is 33.6. The van der Waals surface area contributed by atoms with Crippen LogP contribution in [0.1, 0.15) is 38.9 Å². The number of rotatable bonds is 5. The first-order chi connectivity index (χ1) is 27.4. The summed E-state index contributed by atoms with van der Waals surface area (Å²) in [6.45, 7) is 3.86. The van der Waals surface area contributed by atoms with Gasteiger partial charge in [0.05, 0.1) is 49.9 Å². The van der Waals surface area contributed by atoms with Crippen LogP contribution >= 0.6 is 46.4 Å². The monoisotopic (exact) mass is 836 g/mol. The van der Waals surface area contributed by atoms with Crippen LogP contribution < -0.4 is 11.1 Å². The normalized spacial score (nSPS) is 10.8. The van der Waals surface area contributed by atoms with E-state index >= 15 is 0 Å². The third-order valence-electron chi connectivity index (χ3n) is 8.21. The lowest BCUT2D eigenvalue weighted by atomic mass is 9.96. The van der Waals surface area contributed by atoms with E-state index in [0.29, 0.717) is 42.3 Å². The Morgan fingerprint density at radius 3 is 1.82 bits per heavy atom. The Balaban J connectivity index is 0.000000173. The molecule has 0 bridgehead atoms. The molecule has 0 radical (unpaired) electrons. The molecule has 4 aromatic heterocycles. The van der Waals surface area contributed by atoms with Crippen LogP contribution in [0.2, 0.25) is 20.1 Å². The predicted octanol–water partition coefficient (Wildman–Crippen LogP) is 11.9. The van der Waals surface area contributed by atoms with E-state index in [9.17, 15) is 15.0 Å². The van der Waals surface area contributed by atoms with Gasteiger partial charge < -0.3 is 21.3 Å². The molecule has 57 heavy (non-hydrogen) atoms. The smallest absolute Gasteiger partial charge is 0.150 e. The molecule has 1 unspecified atom stereocenters. The van der Waals surface area contributed by atoms with E-state index in [1.54, 1.807) is 61.2 Å². The predicted molar refractivity (Wildman–Crippen MR) is 233 cm³/mol. The van der Waals surface area contributed by atoms with Gasteiger partial charge in [-0.2, -0.15) is 0 Å². The first-order valence-corrected chi connectivity index (χ1v) is 18.8. The SMILES string of the molecule is Cc1ccc(N)cn1.Cc1ccc(NC(c2ccc(Cl)c(Cl)c2)c2ccc3cccnc3c2O)cn1.O=Cc1ccc(Cl)c(Cl)c1.Oc1cccc2cccnc12. The maximum atomic E-state index is 11.0. The molecule has 8 aromatic rings. The van der Waals surface area contributed by atoms with Gasteiger partial charge in [-0.25, -0.2) is 0 Å².